The molecule has 0 bridgehead atoms. The van der Waals surface area contributed by atoms with E-state index in [4.69, 9.17) is 4.98 Å². The van der Waals surface area contributed by atoms with Gasteiger partial charge in [0.1, 0.15) is 15.7 Å². The van der Waals surface area contributed by atoms with Crippen molar-refractivity contribution < 1.29 is 21.6 Å². The summed E-state index contributed by atoms with van der Waals surface area (Å²) >= 11 is 0. The zero-order chi connectivity index (χ0) is 25.0. The lowest BCUT2D eigenvalue weighted by molar-refractivity contribution is -0.137. The number of hydrogen-bond acceptors (Lipinski definition) is 8. The average Bonchev–Trinajstić information content (AvgIpc) is 3.17. The molecule has 13 heteroatoms. The molecule has 1 aromatic carbocycles. The highest BCUT2D eigenvalue weighted by Crippen LogP contribution is 2.33. The summed E-state index contributed by atoms with van der Waals surface area (Å²) in [5.74, 6) is 1.15. The molecule has 9 nitrogen and oxygen atoms in total. The molecule has 2 saturated heterocycles. The zero-order valence-corrected chi connectivity index (χ0v) is 20.1. The van der Waals surface area contributed by atoms with Crippen LogP contribution in [-0.2, 0) is 16.0 Å². The van der Waals surface area contributed by atoms with Gasteiger partial charge in [0, 0.05) is 25.2 Å². The Kier molecular flexibility index (Phi) is 5.86. The highest BCUT2D eigenvalue weighted by atomic mass is 32.2. The summed E-state index contributed by atoms with van der Waals surface area (Å²) in [5, 5.41) is 8.24. The first-order valence-electron chi connectivity index (χ1n) is 11.3. The smallest absolute Gasteiger partial charge is 0.353 e. The first-order chi connectivity index (χ1) is 16.5. The fourth-order valence-corrected chi connectivity index (χ4v) is 5.86. The number of fused-ring (bicyclic) bond motifs is 1. The number of alkyl halides is 3. The van der Waals surface area contributed by atoms with E-state index in [1.54, 1.807) is 12.3 Å². The van der Waals surface area contributed by atoms with Crippen LogP contribution < -0.4 is 10.2 Å². The molecular weight excluding hydrogens is 483 g/mol. The Bertz CT molecular complexity index is 1340. The minimum absolute atomic E-state index is 0.0958. The van der Waals surface area contributed by atoms with Gasteiger partial charge in [-0.05, 0) is 45.1 Å². The number of nitrogens with one attached hydrogen (secondary N) is 1. The van der Waals surface area contributed by atoms with Crippen molar-refractivity contribution in [3.63, 3.8) is 0 Å². The molecule has 4 heterocycles. The highest BCUT2D eigenvalue weighted by molar-refractivity contribution is 7.91. The molecule has 2 fully saturated rings. The van der Waals surface area contributed by atoms with E-state index in [0.717, 1.165) is 25.2 Å². The van der Waals surface area contributed by atoms with Crippen molar-refractivity contribution >= 4 is 32.6 Å². The van der Waals surface area contributed by atoms with Crippen molar-refractivity contribution in [2.75, 3.05) is 48.9 Å². The zero-order valence-electron chi connectivity index (χ0n) is 19.3. The maximum absolute atomic E-state index is 13.3. The van der Waals surface area contributed by atoms with E-state index in [1.807, 2.05) is 14.1 Å². The second-order valence-corrected chi connectivity index (χ2v) is 11.6. The lowest BCUT2D eigenvalue weighted by atomic mass is 10.1. The Morgan fingerprint density at radius 1 is 1.11 bits per heavy atom. The van der Waals surface area contributed by atoms with Gasteiger partial charge in [-0.1, -0.05) is 6.07 Å². The van der Waals surface area contributed by atoms with Crippen LogP contribution in [0, 0.1) is 0 Å². The maximum atomic E-state index is 13.3. The SMILES string of the molecule is CN(C)C1CN(c2nc(NC3CCS(=O)(=O)CC3)nc3c2cnn3-c2cccc(C(F)(F)F)c2)C1. The quantitative estimate of drug-likeness (QED) is 0.561. The Labute approximate surface area is 200 Å². The number of aromatic nitrogens is 4. The highest BCUT2D eigenvalue weighted by Gasteiger charge is 2.33. The molecule has 0 unspecified atom stereocenters. The summed E-state index contributed by atoms with van der Waals surface area (Å²) in [4.78, 5) is 13.5. The first-order valence-corrected chi connectivity index (χ1v) is 13.1. The van der Waals surface area contributed by atoms with Gasteiger partial charge in [-0.25, -0.2) is 13.1 Å². The molecule has 3 aromatic rings. The number of halogens is 3. The number of rotatable bonds is 5. The molecular formula is C22H26F3N7O2S. The topological polar surface area (TPSA) is 96.2 Å². The Morgan fingerprint density at radius 3 is 2.49 bits per heavy atom. The van der Waals surface area contributed by atoms with Crippen LogP contribution in [0.25, 0.3) is 16.7 Å². The number of hydrogen-bond donors (Lipinski definition) is 1. The van der Waals surface area contributed by atoms with E-state index in [2.05, 4.69) is 25.2 Å². The summed E-state index contributed by atoms with van der Waals surface area (Å²) in [7, 11) is 0.992. The summed E-state index contributed by atoms with van der Waals surface area (Å²) in [6.07, 6.45) is -2.02. The van der Waals surface area contributed by atoms with E-state index in [-0.39, 0.29) is 23.2 Å². The van der Waals surface area contributed by atoms with Gasteiger partial charge in [0.25, 0.3) is 0 Å². The van der Waals surface area contributed by atoms with Crippen LogP contribution in [0.2, 0.25) is 0 Å². The number of likely N-dealkylation sites (N-methyl/N-ethyl adjacent to an activating group) is 1. The fourth-order valence-electron chi connectivity index (χ4n) is 4.37. The van der Waals surface area contributed by atoms with Gasteiger partial charge in [0.2, 0.25) is 5.95 Å². The molecule has 2 aliphatic heterocycles. The van der Waals surface area contributed by atoms with E-state index in [9.17, 15) is 21.6 Å². The van der Waals surface area contributed by atoms with Crippen LogP contribution in [0.4, 0.5) is 24.9 Å². The van der Waals surface area contributed by atoms with Crippen molar-refractivity contribution in [3.05, 3.63) is 36.0 Å². The monoisotopic (exact) mass is 509 g/mol. The summed E-state index contributed by atoms with van der Waals surface area (Å²) in [6, 6.07) is 5.19. The molecule has 0 amide bonds. The predicted molar refractivity (Wildman–Crippen MR) is 127 cm³/mol. The van der Waals surface area contributed by atoms with Gasteiger partial charge < -0.3 is 15.1 Å². The van der Waals surface area contributed by atoms with E-state index in [1.165, 1.54) is 10.7 Å². The molecule has 1 N–H and O–H groups in total. The first kappa shape index (κ1) is 23.8. The second-order valence-electron chi connectivity index (χ2n) is 9.31. The minimum atomic E-state index is -4.48. The third-order valence-corrected chi connectivity index (χ3v) is 8.32. The molecule has 35 heavy (non-hydrogen) atoms. The number of sulfone groups is 1. The fraction of sp³-hybridized carbons (Fsp3) is 0.500. The third kappa shape index (κ3) is 4.79. The van der Waals surface area contributed by atoms with Crippen molar-refractivity contribution in [1.29, 1.82) is 0 Å². The van der Waals surface area contributed by atoms with Gasteiger partial charge in [-0.2, -0.15) is 28.2 Å². The molecule has 2 aromatic heterocycles. The maximum Gasteiger partial charge on any atom is 0.416 e. The van der Waals surface area contributed by atoms with Crippen LogP contribution in [0.15, 0.2) is 30.5 Å². The summed E-state index contributed by atoms with van der Waals surface area (Å²) < 4.78 is 64.9. The number of anilines is 2. The van der Waals surface area contributed by atoms with Crippen LogP contribution in [0.5, 0.6) is 0 Å². The van der Waals surface area contributed by atoms with E-state index >= 15 is 0 Å². The average molecular weight is 510 g/mol. The largest absolute Gasteiger partial charge is 0.416 e. The Balaban J connectivity index is 1.54. The Hall–Kier alpha value is -2.93. The second kappa shape index (κ2) is 8.63. The van der Waals surface area contributed by atoms with Crippen LogP contribution in [0.3, 0.4) is 0 Å². The van der Waals surface area contributed by atoms with Gasteiger partial charge in [0.15, 0.2) is 5.65 Å². The normalized spacial score (nSPS) is 19.3. The van der Waals surface area contributed by atoms with Crippen molar-refractivity contribution in [1.82, 2.24) is 24.6 Å². The van der Waals surface area contributed by atoms with E-state index in [0.29, 0.717) is 41.7 Å². The molecule has 0 spiro atoms. The van der Waals surface area contributed by atoms with Crippen molar-refractivity contribution in [2.45, 2.75) is 31.1 Å². The summed E-state index contributed by atoms with van der Waals surface area (Å²) in [5.41, 5.74) is -0.149. The van der Waals surface area contributed by atoms with Crippen LogP contribution >= 0.6 is 0 Å². The summed E-state index contributed by atoms with van der Waals surface area (Å²) in [6.45, 7) is 1.49. The van der Waals surface area contributed by atoms with Gasteiger partial charge in [0.05, 0.1) is 34.3 Å². The van der Waals surface area contributed by atoms with E-state index < -0.39 is 21.6 Å². The molecule has 0 saturated carbocycles. The molecule has 0 atom stereocenters. The van der Waals surface area contributed by atoms with Crippen LogP contribution in [0.1, 0.15) is 18.4 Å². The van der Waals surface area contributed by atoms with Crippen LogP contribution in [-0.4, -0.2) is 83.8 Å². The van der Waals surface area contributed by atoms with Gasteiger partial charge >= 0.3 is 6.18 Å². The van der Waals surface area contributed by atoms with Gasteiger partial charge in [-0.3, -0.25) is 0 Å². The third-order valence-electron chi connectivity index (χ3n) is 6.61. The van der Waals surface area contributed by atoms with Gasteiger partial charge in [-0.15, -0.1) is 0 Å². The number of nitrogens with zero attached hydrogens (tertiary/aromatic N) is 6. The standard InChI is InChI=1S/C22H26F3N7O2S/c1-30(2)17-12-31(13-17)19-18-11-26-32(16-5-3-4-14(10-16)22(23,24)25)20(18)29-21(28-19)27-15-6-8-35(33,34)9-7-15/h3-5,10-11,15,17H,6-9,12-13H2,1-2H3,(H,27,28,29). The lowest BCUT2D eigenvalue weighted by Gasteiger charge is -2.43. The Morgan fingerprint density at radius 2 is 1.83 bits per heavy atom. The molecule has 2 aliphatic rings. The van der Waals surface area contributed by atoms with Crippen molar-refractivity contribution in [2.24, 2.45) is 0 Å². The predicted octanol–water partition coefficient (Wildman–Crippen LogP) is 2.57. The molecule has 0 radical (unpaired) electrons. The molecule has 5 rings (SSSR count). The lowest BCUT2D eigenvalue weighted by Crippen LogP contribution is -2.57. The number of benzene rings is 1. The van der Waals surface area contributed by atoms with Crippen molar-refractivity contribution in [3.8, 4) is 5.69 Å². The molecule has 0 aliphatic carbocycles. The molecule has 188 valence electrons. The minimum Gasteiger partial charge on any atom is -0.353 e.